The van der Waals surface area contributed by atoms with E-state index in [0.717, 1.165) is 27.6 Å². The third-order valence-corrected chi connectivity index (χ3v) is 8.26. The van der Waals surface area contributed by atoms with E-state index in [-0.39, 0.29) is 14.9 Å². The molecule has 3 rings (SSSR count). The second kappa shape index (κ2) is 6.59. The summed E-state index contributed by atoms with van der Waals surface area (Å²) in [6.45, 7) is 3.53. The number of hydrogen-bond donors (Lipinski definition) is 1. The van der Waals surface area contributed by atoms with Crippen molar-refractivity contribution >= 4 is 62.5 Å². The number of halogens is 1. The van der Waals surface area contributed by atoms with Crippen LogP contribution in [-0.2, 0) is 19.9 Å². The van der Waals surface area contributed by atoms with Crippen molar-refractivity contribution in [1.29, 1.82) is 0 Å². The van der Waals surface area contributed by atoms with Gasteiger partial charge in [-0.25, -0.2) is 21.8 Å². The molecule has 0 amide bonds. The highest BCUT2D eigenvalue weighted by molar-refractivity contribution is 9.10. The monoisotopic (exact) mass is 474 g/mol. The normalized spacial score (nSPS) is 12.5. The van der Waals surface area contributed by atoms with Crippen molar-refractivity contribution in [3.05, 3.63) is 45.9 Å². The molecule has 26 heavy (non-hydrogen) atoms. The van der Waals surface area contributed by atoms with Crippen LogP contribution in [0.2, 0.25) is 0 Å². The minimum Gasteiger partial charge on any atom is -0.255 e. The number of thiazole rings is 1. The van der Waals surface area contributed by atoms with Crippen LogP contribution >= 0.6 is 27.3 Å². The summed E-state index contributed by atoms with van der Waals surface area (Å²) in [7, 11) is -7.15. The maximum atomic E-state index is 12.7. The van der Waals surface area contributed by atoms with Gasteiger partial charge in [0.2, 0.25) is 0 Å². The van der Waals surface area contributed by atoms with Gasteiger partial charge in [0.1, 0.15) is 0 Å². The van der Waals surface area contributed by atoms with Gasteiger partial charge in [-0.1, -0.05) is 27.3 Å². The molecule has 3 aromatic rings. The minimum atomic E-state index is -3.81. The number of sulfone groups is 1. The molecule has 10 heteroatoms. The van der Waals surface area contributed by atoms with Crippen molar-refractivity contribution in [2.75, 3.05) is 11.0 Å². The maximum absolute atomic E-state index is 12.7. The van der Waals surface area contributed by atoms with Crippen LogP contribution in [0.25, 0.3) is 10.2 Å². The standard InChI is InChI=1S/C16H15BrN2O4S3/c1-9-7-15(10(2)6-12(9)17)26(22,23)19-16-18-13-5-4-11(25(3,20)21)8-14(13)24-16/h4-8H,1-3H3,(H,18,19). The average molecular weight is 475 g/mol. The molecule has 0 spiro atoms. The van der Waals surface area contributed by atoms with E-state index in [1.54, 1.807) is 25.1 Å². The molecule has 0 aliphatic heterocycles. The van der Waals surface area contributed by atoms with Crippen LogP contribution in [0.5, 0.6) is 0 Å². The van der Waals surface area contributed by atoms with Gasteiger partial charge >= 0.3 is 0 Å². The van der Waals surface area contributed by atoms with E-state index < -0.39 is 19.9 Å². The summed E-state index contributed by atoms with van der Waals surface area (Å²) in [4.78, 5) is 4.58. The summed E-state index contributed by atoms with van der Waals surface area (Å²) in [5, 5.41) is 0.186. The Bertz CT molecular complexity index is 1230. The fourth-order valence-corrected chi connectivity index (χ4v) is 6.03. The molecule has 0 fully saturated rings. The van der Waals surface area contributed by atoms with Crippen LogP contribution in [0.4, 0.5) is 5.13 Å². The number of benzene rings is 2. The molecule has 0 bridgehead atoms. The Kier molecular flexibility index (Phi) is 4.89. The smallest absolute Gasteiger partial charge is 0.255 e. The zero-order valence-corrected chi connectivity index (χ0v) is 18.1. The first-order valence-corrected chi connectivity index (χ1v) is 12.4. The van der Waals surface area contributed by atoms with Crippen LogP contribution in [0, 0.1) is 13.8 Å². The van der Waals surface area contributed by atoms with E-state index in [4.69, 9.17) is 0 Å². The lowest BCUT2D eigenvalue weighted by Gasteiger charge is -2.10. The number of fused-ring (bicyclic) bond motifs is 1. The maximum Gasteiger partial charge on any atom is 0.263 e. The number of rotatable bonds is 4. The highest BCUT2D eigenvalue weighted by atomic mass is 79.9. The van der Waals surface area contributed by atoms with Gasteiger partial charge in [-0.2, -0.15) is 0 Å². The van der Waals surface area contributed by atoms with Crippen molar-refractivity contribution in [3.63, 3.8) is 0 Å². The molecule has 0 saturated heterocycles. The summed E-state index contributed by atoms with van der Waals surface area (Å²) in [6.07, 6.45) is 1.12. The first-order valence-electron chi connectivity index (χ1n) is 7.37. The summed E-state index contributed by atoms with van der Waals surface area (Å²) in [5.41, 5.74) is 1.94. The molecule has 0 saturated carbocycles. The number of nitrogens with zero attached hydrogens (tertiary/aromatic N) is 1. The molecule has 1 heterocycles. The second-order valence-electron chi connectivity index (χ2n) is 5.89. The molecule has 0 atom stereocenters. The van der Waals surface area contributed by atoms with Crippen LogP contribution in [0.3, 0.4) is 0 Å². The lowest BCUT2D eigenvalue weighted by molar-refractivity contribution is 0.599. The number of aryl methyl sites for hydroxylation is 2. The number of sulfonamides is 1. The quantitative estimate of drug-likeness (QED) is 0.618. The number of aromatic nitrogens is 1. The Morgan fingerprint density at radius 1 is 1.04 bits per heavy atom. The number of nitrogens with one attached hydrogen (secondary N) is 1. The highest BCUT2D eigenvalue weighted by Gasteiger charge is 2.20. The predicted octanol–water partition coefficient (Wildman–Crippen LogP) is 3.88. The molecule has 1 aromatic heterocycles. The van der Waals surface area contributed by atoms with E-state index in [1.807, 2.05) is 6.92 Å². The molecular weight excluding hydrogens is 460 g/mol. The van der Waals surface area contributed by atoms with Gasteiger partial charge in [0.05, 0.1) is 20.0 Å². The largest absolute Gasteiger partial charge is 0.263 e. The van der Waals surface area contributed by atoms with Gasteiger partial charge < -0.3 is 0 Å². The predicted molar refractivity (Wildman–Crippen MR) is 107 cm³/mol. The van der Waals surface area contributed by atoms with Gasteiger partial charge in [0, 0.05) is 10.7 Å². The van der Waals surface area contributed by atoms with Crippen LogP contribution in [-0.4, -0.2) is 28.1 Å². The molecule has 2 aromatic carbocycles. The fourth-order valence-electron chi connectivity index (χ4n) is 2.39. The van der Waals surface area contributed by atoms with Crippen molar-refractivity contribution in [3.8, 4) is 0 Å². The molecule has 1 N–H and O–H groups in total. The van der Waals surface area contributed by atoms with Gasteiger partial charge in [-0.15, -0.1) is 0 Å². The Morgan fingerprint density at radius 3 is 2.38 bits per heavy atom. The van der Waals surface area contributed by atoms with Crippen molar-refractivity contribution < 1.29 is 16.8 Å². The summed E-state index contributed by atoms with van der Waals surface area (Å²) >= 11 is 4.47. The zero-order valence-electron chi connectivity index (χ0n) is 14.1. The Hall–Kier alpha value is -1.49. The Morgan fingerprint density at radius 2 is 1.73 bits per heavy atom. The molecule has 0 unspecified atom stereocenters. The average Bonchev–Trinajstić information content (AvgIpc) is 2.90. The highest BCUT2D eigenvalue weighted by Crippen LogP contribution is 2.31. The van der Waals surface area contributed by atoms with Gasteiger partial charge in [-0.3, -0.25) is 4.72 Å². The molecule has 6 nitrogen and oxygen atoms in total. The third-order valence-electron chi connectivity index (χ3n) is 3.76. The van der Waals surface area contributed by atoms with Crippen LogP contribution < -0.4 is 4.72 Å². The number of hydrogen-bond acceptors (Lipinski definition) is 6. The van der Waals surface area contributed by atoms with Crippen molar-refractivity contribution in [2.45, 2.75) is 23.6 Å². The number of anilines is 1. The lowest BCUT2D eigenvalue weighted by Crippen LogP contribution is -2.14. The molecule has 0 aliphatic rings. The SMILES string of the molecule is Cc1cc(S(=O)(=O)Nc2nc3ccc(S(C)(=O)=O)cc3s2)c(C)cc1Br. The van der Waals surface area contributed by atoms with Gasteiger partial charge in [-0.05, 0) is 55.3 Å². The fraction of sp³-hybridized carbons (Fsp3) is 0.188. The van der Waals surface area contributed by atoms with E-state index in [2.05, 4.69) is 25.6 Å². The Labute approximate surface area is 164 Å². The summed E-state index contributed by atoms with van der Waals surface area (Å²) in [6, 6.07) is 7.86. The lowest BCUT2D eigenvalue weighted by atomic mass is 10.2. The van der Waals surface area contributed by atoms with Crippen LogP contribution in [0.1, 0.15) is 11.1 Å². The molecule has 138 valence electrons. The first-order chi connectivity index (χ1) is 12.0. The molecular formula is C16H15BrN2O4S3. The second-order valence-corrected chi connectivity index (χ2v) is 11.4. The van der Waals surface area contributed by atoms with Gasteiger partial charge in [0.25, 0.3) is 10.0 Å². The van der Waals surface area contributed by atoms with Crippen molar-refractivity contribution in [1.82, 2.24) is 4.98 Å². The van der Waals surface area contributed by atoms with E-state index in [1.165, 1.54) is 12.1 Å². The van der Waals surface area contributed by atoms with E-state index >= 15 is 0 Å². The third kappa shape index (κ3) is 3.78. The molecule has 0 aliphatic carbocycles. The first kappa shape index (κ1) is 19.3. The Balaban J connectivity index is 2.01. The summed E-state index contributed by atoms with van der Waals surface area (Å²) < 4.78 is 52.7. The molecule has 0 radical (unpaired) electrons. The van der Waals surface area contributed by atoms with Gasteiger partial charge in [0.15, 0.2) is 15.0 Å². The van der Waals surface area contributed by atoms with Crippen LogP contribution in [0.15, 0.2) is 44.6 Å². The topological polar surface area (TPSA) is 93.2 Å². The summed E-state index contributed by atoms with van der Waals surface area (Å²) in [5.74, 6) is 0. The van der Waals surface area contributed by atoms with Crippen molar-refractivity contribution in [2.24, 2.45) is 0 Å². The minimum absolute atomic E-state index is 0.169. The van der Waals surface area contributed by atoms with E-state index in [0.29, 0.717) is 15.8 Å². The zero-order chi connectivity index (χ0) is 19.3. The van der Waals surface area contributed by atoms with E-state index in [9.17, 15) is 16.8 Å².